The summed E-state index contributed by atoms with van der Waals surface area (Å²) in [5.74, 6) is 0.811. The van der Waals surface area contributed by atoms with Crippen LogP contribution in [0.5, 0.6) is 5.75 Å². The Labute approximate surface area is 141 Å². The molecule has 2 rings (SSSR count). The summed E-state index contributed by atoms with van der Waals surface area (Å²) < 4.78 is 7.43. The second kappa shape index (κ2) is 7.77. The molecule has 0 saturated heterocycles. The summed E-state index contributed by atoms with van der Waals surface area (Å²) in [6.07, 6.45) is 1.87. The average Bonchev–Trinajstić information content (AvgIpc) is 3.02. The summed E-state index contributed by atoms with van der Waals surface area (Å²) in [5, 5.41) is 7.07. The summed E-state index contributed by atoms with van der Waals surface area (Å²) >= 11 is 0. The molecular weight excluding hydrogens is 306 g/mol. The molecule has 0 saturated carbocycles. The molecular formula is C18H23N3O3. The lowest BCUT2D eigenvalue weighted by Crippen LogP contribution is -2.31. The van der Waals surface area contributed by atoms with Gasteiger partial charge in [0.05, 0.1) is 12.2 Å². The van der Waals surface area contributed by atoms with Crippen molar-refractivity contribution in [2.75, 3.05) is 5.32 Å². The Morgan fingerprint density at radius 2 is 2.04 bits per heavy atom. The third kappa shape index (κ3) is 4.22. The molecule has 1 amide bonds. The van der Waals surface area contributed by atoms with Crippen molar-refractivity contribution in [1.82, 2.24) is 9.78 Å². The maximum atomic E-state index is 12.4. The minimum atomic E-state index is -0.701. The van der Waals surface area contributed by atoms with Crippen LogP contribution >= 0.6 is 0 Å². The minimum Gasteiger partial charge on any atom is -0.481 e. The van der Waals surface area contributed by atoms with Gasteiger partial charge in [0, 0.05) is 11.6 Å². The normalized spacial score (nSPS) is 13.2. The van der Waals surface area contributed by atoms with Crippen molar-refractivity contribution >= 4 is 17.5 Å². The summed E-state index contributed by atoms with van der Waals surface area (Å²) in [5.41, 5.74) is 0.551. The van der Waals surface area contributed by atoms with Gasteiger partial charge in [-0.15, -0.1) is 0 Å². The van der Waals surface area contributed by atoms with Crippen molar-refractivity contribution in [3.8, 4) is 5.75 Å². The maximum Gasteiger partial charge on any atom is 0.266 e. The number of benzene rings is 1. The van der Waals surface area contributed by atoms with Crippen LogP contribution in [0.25, 0.3) is 0 Å². The molecule has 0 radical (unpaired) electrons. The van der Waals surface area contributed by atoms with Gasteiger partial charge in [0.1, 0.15) is 11.6 Å². The lowest BCUT2D eigenvalue weighted by atomic mass is 10.1. The molecule has 128 valence electrons. The Balaban J connectivity index is 2.04. The van der Waals surface area contributed by atoms with Crippen LogP contribution in [0.2, 0.25) is 0 Å². The molecule has 2 unspecified atom stereocenters. The van der Waals surface area contributed by atoms with Crippen molar-refractivity contribution in [2.45, 2.75) is 46.3 Å². The standard InChI is InChI=1S/C18H23N3O3/c1-5-12(2)21-17(9-10-19-21)20-18(23)14(4)24-16-8-6-7-15(11-16)13(3)22/h6-12,14H,5H2,1-4H3,(H,20,23). The van der Waals surface area contributed by atoms with Crippen LogP contribution in [0.3, 0.4) is 0 Å². The average molecular weight is 329 g/mol. The SMILES string of the molecule is CCC(C)n1nccc1NC(=O)C(C)Oc1cccc(C(C)=O)c1. The number of rotatable bonds is 7. The zero-order chi connectivity index (χ0) is 17.7. The number of ether oxygens (including phenoxy) is 1. The van der Waals surface area contributed by atoms with E-state index in [1.807, 2.05) is 6.92 Å². The van der Waals surface area contributed by atoms with Crippen LogP contribution in [0.4, 0.5) is 5.82 Å². The van der Waals surface area contributed by atoms with E-state index in [-0.39, 0.29) is 17.7 Å². The molecule has 0 fully saturated rings. The van der Waals surface area contributed by atoms with Gasteiger partial charge < -0.3 is 10.1 Å². The first kappa shape index (κ1) is 17.7. The predicted molar refractivity (Wildman–Crippen MR) is 92.4 cm³/mol. The number of Topliss-reactive ketones (excluding diaryl/α,β-unsaturated/α-hetero) is 1. The zero-order valence-electron chi connectivity index (χ0n) is 14.4. The van der Waals surface area contributed by atoms with Gasteiger partial charge in [0.2, 0.25) is 0 Å². The highest BCUT2D eigenvalue weighted by molar-refractivity contribution is 5.95. The number of hydrogen-bond acceptors (Lipinski definition) is 4. The fourth-order valence-electron chi connectivity index (χ4n) is 2.21. The molecule has 6 heteroatoms. The van der Waals surface area contributed by atoms with E-state index in [1.165, 1.54) is 6.92 Å². The number of ketones is 1. The van der Waals surface area contributed by atoms with Crippen LogP contribution in [0.1, 0.15) is 50.5 Å². The largest absolute Gasteiger partial charge is 0.481 e. The van der Waals surface area contributed by atoms with Gasteiger partial charge >= 0.3 is 0 Å². The van der Waals surface area contributed by atoms with E-state index in [9.17, 15) is 9.59 Å². The summed E-state index contributed by atoms with van der Waals surface area (Å²) in [4.78, 5) is 23.8. The Bertz CT molecular complexity index is 724. The third-order valence-corrected chi connectivity index (χ3v) is 3.85. The lowest BCUT2D eigenvalue weighted by molar-refractivity contribution is -0.122. The number of aromatic nitrogens is 2. The van der Waals surface area contributed by atoms with Gasteiger partial charge in [-0.3, -0.25) is 9.59 Å². The lowest BCUT2D eigenvalue weighted by Gasteiger charge is -2.17. The second-order valence-corrected chi connectivity index (χ2v) is 5.75. The topological polar surface area (TPSA) is 73.2 Å². The van der Waals surface area contributed by atoms with E-state index in [4.69, 9.17) is 4.74 Å². The summed E-state index contributed by atoms with van der Waals surface area (Å²) in [7, 11) is 0. The quantitative estimate of drug-likeness (QED) is 0.790. The maximum absolute atomic E-state index is 12.4. The van der Waals surface area contributed by atoms with Crippen LogP contribution in [-0.2, 0) is 4.79 Å². The Morgan fingerprint density at radius 1 is 1.29 bits per heavy atom. The second-order valence-electron chi connectivity index (χ2n) is 5.75. The third-order valence-electron chi connectivity index (χ3n) is 3.85. The molecule has 2 aromatic rings. The first-order chi connectivity index (χ1) is 11.4. The molecule has 2 atom stereocenters. The number of nitrogens with zero attached hydrogens (tertiary/aromatic N) is 2. The Hall–Kier alpha value is -2.63. The van der Waals surface area contributed by atoms with Gasteiger partial charge in [-0.05, 0) is 39.3 Å². The van der Waals surface area contributed by atoms with Crippen LogP contribution in [-0.4, -0.2) is 27.6 Å². The number of hydrogen-bond donors (Lipinski definition) is 1. The van der Waals surface area contributed by atoms with Gasteiger partial charge in [-0.25, -0.2) is 4.68 Å². The molecule has 24 heavy (non-hydrogen) atoms. The number of carbonyl (C=O) groups excluding carboxylic acids is 2. The van der Waals surface area contributed by atoms with Gasteiger partial charge in [0.15, 0.2) is 11.9 Å². The van der Waals surface area contributed by atoms with E-state index in [0.29, 0.717) is 17.1 Å². The molecule has 0 spiro atoms. The van der Waals surface area contributed by atoms with Crippen LogP contribution in [0, 0.1) is 0 Å². The highest BCUT2D eigenvalue weighted by atomic mass is 16.5. The predicted octanol–water partition coefficient (Wildman–Crippen LogP) is 3.46. The molecule has 1 heterocycles. The van der Waals surface area contributed by atoms with E-state index in [2.05, 4.69) is 17.3 Å². The van der Waals surface area contributed by atoms with E-state index in [0.717, 1.165) is 6.42 Å². The molecule has 0 aliphatic rings. The van der Waals surface area contributed by atoms with Gasteiger partial charge in [-0.1, -0.05) is 19.1 Å². The molecule has 1 aromatic carbocycles. The van der Waals surface area contributed by atoms with E-state index in [1.54, 1.807) is 48.1 Å². The van der Waals surface area contributed by atoms with Gasteiger partial charge in [0.25, 0.3) is 5.91 Å². The monoisotopic (exact) mass is 329 g/mol. The first-order valence-corrected chi connectivity index (χ1v) is 8.04. The van der Waals surface area contributed by atoms with E-state index >= 15 is 0 Å². The zero-order valence-corrected chi connectivity index (χ0v) is 14.4. The number of anilines is 1. The molecule has 1 aromatic heterocycles. The Morgan fingerprint density at radius 3 is 2.71 bits per heavy atom. The number of amides is 1. The minimum absolute atomic E-state index is 0.0463. The molecule has 6 nitrogen and oxygen atoms in total. The smallest absolute Gasteiger partial charge is 0.266 e. The highest BCUT2D eigenvalue weighted by Crippen LogP contribution is 2.18. The van der Waals surface area contributed by atoms with E-state index < -0.39 is 6.10 Å². The summed E-state index contributed by atoms with van der Waals surface area (Å²) in [6, 6.07) is 8.75. The van der Waals surface area contributed by atoms with Crippen molar-refractivity contribution < 1.29 is 14.3 Å². The van der Waals surface area contributed by atoms with Crippen molar-refractivity contribution in [3.05, 3.63) is 42.1 Å². The van der Waals surface area contributed by atoms with Crippen LogP contribution in [0.15, 0.2) is 36.5 Å². The fraction of sp³-hybridized carbons (Fsp3) is 0.389. The molecule has 0 aliphatic heterocycles. The number of nitrogens with one attached hydrogen (secondary N) is 1. The van der Waals surface area contributed by atoms with Crippen LogP contribution < -0.4 is 10.1 Å². The van der Waals surface area contributed by atoms with Crippen molar-refractivity contribution in [1.29, 1.82) is 0 Å². The first-order valence-electron chi connectivity index (χ1n) is 8.04. The molecule has 0 bridgehead atoms. The van der Waals surface area contributed by atoms with Gasteiger partial charge in [-0.2, -0.15) is 5.10 Å². The summed E-state index contributed by atoms with van der Waals surface area (Å²) in [6.45, 7) is 7.26. The Kier molecular flexibility index (Phi) is 5.73. The number of carbonyl (C=O) groups is 2. The molecule has 0 aliphatic carbocycles. The fourth-order valence-corrected chi connectivity index (χ4v) is 2.21. The van der Waals surface area contributed by atoms with Crippen molar-refractivity contribution in [3.63, 3.8) is 0 Å². The highest BCUT2D eigenvalue weighted by Gasteiger charge is 2.18. The molecule has 1 N–H and O–H groups in total. The van der Waals surface area contributed by atoms with Crippen molar-refractivity contribution in [2.24, 2.45) is 0 Å².